The van der Waals surface area contributed by atoms with Gasteiger partial charge in [-0.05, 0) is 38.8 Å². The minimum atomic E-state index is 0.349. The number of aliphatic imine (C=N–C) groups is 1. The number of hydrogen-bond acceptors (Lipinski definition) is 7. The second kappa shape index (κ2) is 6.93. The highest BCUT2D eigenvalue weighted by atomic mass is 16.5. The molecular formula is C18H24N6O. The van der Waals surface area contributed by atoms with Crippen LogP contribution in [0.15, 0.2) is 23.2 Å². The van der Waals surface area contributed by atoms with Crippen LogP contribution in [0.1, 0.15) is 24.1 Å². The van der Waals surface area contributed by atoms with E-state index in [1.807, 2.05) is 13.0 Å². The quantitative estimate of drug-likeness (QED) is 0.890. The van der Waals surface area contributed by atoms with E-state index in [2.05, 4.69) is 49.6 Å². The zero-order valence-electron chi connectivity index (χ0n) is 14.7. The van der Waals surface area contributed by atoms with Crippen molar-refractivity contribution in [2.45, 2.75) is 32.8 Å². The number of benzene rings is 1. The Kier molecular flexibility index (Phi) is 4.50. The summed E-state index contributed by atoms with van der Waals surface area (Å²) >= 11 is 0. The fraction of sp³-hybridized carbons (Fsp3) is 0.500. The first-order valence-corrected chi connectivity index (χ1v) is 8.82. The van der Waals surface area contributed by atoms with E-state index in [1.54, 1.807) is 0 Å². The molecule has 1 saturated heterocycles. The van der Waals surface area contributed by atoms with Crippen molar-refractivity contribution in [3.05, 3.63) is 29.5 Å². The van der Waals surface area contributed by atoms with Crippen LogP contribution in [0.3, 0.4) is 0 Å². The molecule has 2 N–H and O–H groups in total. The molecule has 7 heteroatoms. The summed E-state index contributed by atoms with van der Waals surface area (Å²) in [5.41, 5.74) is 3.12. The second-order valence-corrected chi connectivity index (χ2v) is 6.75. The summed E-state index contributed by atoms with van der Waals surface area (Å²) in [5.74, 6) is 1.29. The van der Waals surface area contributed by atoms with E-state index in [1.165, 1.54) is 12.0 Å². The Bertz CT molecular complexity index is 799. The van der Waals surface area contributed by atoms with Gasteiger partial charge in [-0.2, -0.15) is 0 Å². The van der Waals surface area contributed by atoms with Crippen LogP contribution in [0.2, 0.25) is 0 Å². The molecule has 0 saturated carbocycles. The van der Waals surface area contributed by atoms with E-state index in [0.29, 0.717) is 18.7 Å². The summed E-state index contributed by atoms with van der Waals surface area (Å²) in [6.07, 6.45) is 2.66. The Labute approximate surface area is 147 Å². The van der Waals surface area contributed by atoms with Crippen molar-refractivity contribution in [2.24, 2.45) is 4.99 Å². The minimum absolute atomic E-state index is 0.349. The molecule has 25 heavy (non-hydrogen) atoms. The average molecular weight is 340 g/mol. The Morgan fingerprint density at radius 3 is 3.00 bits per heavy atom. The minimum Gasteiger partial charge on any atom is -0.377 e. The van der Waals surface area contributed by atoms with Crippen LogP contribution in [0, 0.1) is 13.8 Å². The van der Waals surface area contributed by atoms with Crippen LogP contribution in [0.25, 0.3) is 10.9 Å². The van der Waals surface area contributed by atoms with Crippen LogP contribution >= 0.6 is 0 Å². The molecule has 0 spiro atoms. The summed E-state index contributed by atoms with van der Waals surface area (Å²) in [6.45, 7) is 7.30. The van der Waals surface area contributed by atoms with Gasteiger partial charge in [0, 0.05) is 18.5 Å². The van der Waals surface area contributed by atoms with Crippen LogP contribution in [-0.2, 0) is 4.74 Å². The topological polar surface area (TPSA) is 74.7 Å². The number of guanidine groups is 1. The fourth-order valence-electron chi connectivity index (χ4n) is 3.30. The lowest BCUT2D eigenvalue weighted by Gasteiger charge is -2.28. The highest BCUT2D eigenvalue weighted by Gasteiger charge is 2.21. The Hall–Kier alpha value is -2.25. The van der Waals surface area contributed by atoms with Gasteiger partial charge in [0.15, 0.2) is 0 Å². The molecular weight excluding hydrogens is 316 g/mol. The first kappa shape index (κ1) is 16.2. The molecule has 2 aromatic rings. The van der Waals surface area contributed by atoms with Crippen molar-refractivity contribution in [1.82, 2.24) is 20.2 Å². The van der Waals surface area contributed by atoms with Crippen LogP contribution in [-0.4, -0.2) is 53.4 Å². The highest BCUT2D eigenvalue weighted by molar-refractivity contribution is 5.93. The third-order valence-corrected chi connectivity index (χ3v) is 4.66. The molecule has 1 aromatic carbocycles. The zero-order valence-corrected chi connectivity index (χ0v) is 14.7. The van der Waals surface area contributed by atoms with E-state index in [-0.39, 0.29) is 0 Å². The van der Waals surface area contributed by atoms with Gasteiger partial charge in [0.1, 0.15) is 0 Å². The number of fused-ring (bicyclic) bond motifs is 1. The Morgan fingerprint density at radius 2 is 2.24 bits per heavy atom. The lowest BCUT2D eigenvalue weighted by molar-refractivity contribution is 0.0715. The smallest absolute Gasteiger partial charge is 0.230 e. The van der Waals surface area contributed by atoms with Crippen LogP contribution in [0.4, 0.5) is 5.95 Å². The molecule has 7 nitrogen and oxygen atoms in total. The largest absolute Gasteiger partial charge is 0.377 e. The summed E-state index contributed by atoms with van der Waals surface area (Å²) in [4.78, 5) is 16.0. The molecule has 2 aliphatic rings. The molecule has 0 aliphatic carbocycles. The van der Waals surface area contributed by atoms with Gasteiger partial charge in [-0.1, -0.05) is 11.6 Å². The van der Waals surface area contributed by atoms with Crippen LogP contribution < -0.4 is 10.6 Å². The molecule has 0 radical (unpaired) electrons. The number of rotatable bonds is 3. The maximum absolute atomic E-state index is 5.69. The lowest BCUT2D eigenvalue weighted by Crippen LogP contribution is -2.48. The van der Waals surface area contributed by atoms with Gasteiger partial charge in [0.25, 0.3) is 0 Å². The first-order valence-electron chi connectivity index (χ1n) is 8.82. The maximum atomic E-state index is 5.69. The molecule has 1 atom stereocenters. The highest BCUT2D eigenvalue weighted by Crippen LogP contribution is 2.19. The predicted molar refractivity (Wildman–Crippen MR) is 98.6 cm³/mol. The van der Waals surface area contributed by atoms with Gasteiger partial charge < -0.3 is 10.1 Å². The number of nitrogens with one attached hydrogen (secondary N) is 2. The lowest BCUT2D eigenvalue weighted by atomic mass is 10.1. The van der Waals surface area contributed by atoms with E-state index < -0.39 is 0 Å². The van der Waals surface area contributed by atoms with Crippen molar-refractivity contribution in [3.8, 4) is 0 Å². The van der Waals surface area contributed by atoms with E-state index in [9.17, 15) is 0 Å². The number of aryl methyl sites for hydroxylation is 2. The Balaban J connectivity index is 1.43. The van der Waals surface area contributed by atoms with Gasteiger partial charge in [0.05, 0.1) is 30.7 Å². The zero-order chi connectivity index (χ0) is 17.2. The van der Waals surface area contributed by atoms with E-state index in [4.69, 9.17) is 4.74 Å². The molecule has 0 amide bonds. The van der Waals surface area contributed by atoms with Gasteiger partial charge in [0.2, 0.25) is 11.9 Å². The molecule has 2 aliphatic heterocycles. The standard InChI is InChI=1S/C18H24N6O/c1-12-5-6-16-15(8-12)13(2)21-18(22-16)23-17-19-10-24(11-20-17)9-14-4-3-7-25-14/h5-6,8,14H,3-4,7,9-11H2,1-2H3,(H2,19,20,21,22,23)/t14-/m0/s1. The number of hydrogen-bond donors (Lipinski definition) is 2. The predicted octanol–water partition coefficient (Wildman–Crippen LogP) is 2.01. The third-order valence-electron chi connectivity index (χ3n) is 4.66. The summed E-state index contributed by atoms with van der Waals surface area (Å²) in [7, 11) is 0. The molecule has 1 aromatic heterocycles. The maximum Gasteiger partial charge on any atom is 0.230 e. The molecule has 4 rings (SSSR count). The number of aromatic nitrogens is 2. The third kappa shape index (κ3) is 3.72. The van der Waals surface area contributed by atoms with Crippen molar-refractivity contribution >= 4 is 22.8 Å². The molecule has 132 valence electrons. The van der Waals surface area contributed by atoms with Gasteiger partial charge in [-0.25, -0.2) is 15.0 Å². The van der Waals surface area contributed by atoms with Gasteiger partial charge >= 0.3 is 0 Å². The summed E-state index contributed by atoms with van der Waals surface area (Å²) in [5, 5.41) is 7.59. The summed E-state index contributed by atoms with van der Waals surface area (Å²) < 4.78 is 5.69. The number of anilines is 1. The number of nitrogens with zero attached hydrogens (tertiary/aromatic N) is 4. The van der Waals surface area contributed by atoms with Crippen molar-refractivity contribution in [3.63, 3.8) is 0 Å². The van der Waals surface area contributed by atoms with Crippen LogP contribution in [0.5, 0.6) is 0 Å². The summed E-state index contributed by atoms with van der Waals surface area (Å²) in [6, 6.07) is 6.22. The van der Waals surface area contributed by atoms with Crippen molar-refractivity contribution in [2.75, 3.05) is 31.8 Å². The van der Waals surface area contributed by atoms with Gasteiger partial charge in [-0.3, -0.25) is 10.2 Å². The second-order valence-electron chi connectivity index (χ2n) is 6.75. The first-order chi connectivity index (χ1) is 12.2. The number of ether oxygens (including phenoxy) is 1. The Morgan fingerprint density at radius 1 is 1.32 bits per heavy atom. The normalized spacial score (nSPS) is 21.2. The van der Waals surface area contributed by atoms with Gasteiger partial charge in [-0.15, -0.1) is 0 Å². The molecule has 3 heterocycles. The SMILES string of the molecule is Cc1ccc2nc(NC3=NCN(C[C@@H]4CCCO4)CN3)nc(C)c2c1. The fourth-order valence-corrected chi connectivity index (χ4v) is 3.30. The monoisotopic (exact) mass is 340 g/mol. The molecule has 0 unspecified atom stereocenters. The van der Waals surface area contributed by atoms with E-state index >= 15 is 0 Å². The average Bonchev–Trinajstić information content (AvgIpc) is 3.10. The van der Waals surface area contributed by atoms with E-state index in [0.717, 1.165) is 48.8 Å². The molecule has 0 bridgehead atoms. The molecule has 1 fully saturated rings. The van der Waals surface area contributed by atoms with Crippen molar-refractivity contribution in [1.29, 1.82) is 0 Å². The van der Waals surface area contributed by atoms with Crippen molar-refractivity contribution < 1.29 is 4.74 Å².